The SMILES string of the molecule is CCOC(=O)/C=C/[C@H](O[Si](C)(C)C(C)(C)C)[C@H](CCc1ccccc1)C(=O)N1C(=S)SC[C@@H]1Cc1ccccc1. The van der Waals surface area contributed by atoms with E-state index in [1.165, 1.54) is 11.6 Å². The van der Waals surface area contributed by atoms with Gasteiger partial charge in [-0.1, -0.05) is 105 Å². The molecule has 2 aromatic rings. The van der Waals surface area contributed by atoms with Gasteiger partial charge in [0.2, 0.25) is 5.91 Å². The summed E-state index contributed by atoms with van der Waals surface area (Å²) >= 11 is 7.31. The van der Waals surface area contributed by atoms with Gasteiger partial charge >= 0.3 is 5.97 Å². The highest BCUT2D eigenvalue weighted by molar-refractivity contribution is 8.23. The molecule has 1 aliphatic rings. The summed E-state index contributed by atoms with van der Waals surface area (Å²) in [4.78, 5) is 28.7. The number of benzene rings is 2. The second-order valence-corrected chi connectivity index (χ2v) is 18.1. The fourth-order valence-corrected chi connectivity index (χ4v) is 7.18. The number of hydrogen-bond acceptors (Lipinski definition) is 6. The lowest BCUT2D eigenvalue weighted by molar-refractivity contribution is -0.138. The summed E-state index contributed by atoms with van der Waals surface area (Å²) in [5, 5.41) is -0.0787. The van der Waals surface area contributed by atoms with Gasteiger partial charge in [0.05, 0.1) is 24.7 Å². The first-order valence-corrected chi connectivity index (χ1v) is 18.3. The van der Waals surface area contributed by atoms with Crippen LogP contribution in [0.2, 0.25) is 18.1 Å². The van der Waals surface area contributed by atoms with E-state index in [-0.39, 0.29) is 23.6 Å². The van der Waals surface area contributed by atoms with Gasteiger partial charge in [-0.15, -0.1) is 0 Å². The minimum Gasteiger partial charge on any atom is -0.463 e. The molecule has 2 aromatic carbocycles. The maximum absolute atomic E-state index is 14.5. The second kappa shape index (κ2) is 14.6. The summed E-state index contributed by atoms with van der Waals surface area (Å²) in [5.41, 5.74) is 2.33. The van der Waals surface area contributed by atoms with Crippen molar-refractivity contribution in [2.24, 2.45) is 5.92 Å². The van der Waals surface area contributed by atoms with E-state index in [2.05, 4.69) is 58.1 Å². The lowest BCUT2D eigenvalue weighted by atomic mass is 9.91. The van der Waals surface area contributed by atoms with E-state index >= 15 is 0 Å². The molecule has 3 atom stereocenters. The third-order valence-corrected chi connectivity index (χ3v) is 13.8. The third-order valence-electron chi connectivity index (χ3n) is 7.76. The smallest absolute Gasteiger partial charge is 0.330 e. The molecule has 1 aliphatic heterocycles. The van der Waals surface area contributed by atoms with Crippen molar-refractivity contribution >= 4 is 48.5 Å². The van der Waals surface area contributed by atoms with Crippen molar-refractivity contribution in [2.45, 2.75) is 77.2 Å². The highest BCUT2D eigenvalue weighted by Gasteiger charge is 2.44. The number of carbonyl (C=O) groups is 2. The summed E-state index contributed by atoms with van der Waals surface area (Å²) < 4.78 is 12.7. The zero-order chi connectivity index (χ0) is 29.3. The van der Waals surface area contributed by atoms with E-state index in [0.717, 1.165) is 17.7 Å². The quantitative estimate of drug-likeness (QED) is 0.111. The van der Waals surface area contributed by atoms with Gasteiger partial charge in [0.15, 0.2) is 8.32 Å². The molecule has 0 saturated carbocycles. The zero-order valence-electron chi connectivity index (χ0n) is 24.6. The van der Waals surface area contributed by atoms with Crippen LogP contribution < -0.4 is 0 Å². The van der Waals surface area contributed by atoms with Crippen molar-refractivity contribution in [3.05, 3.63) is 83.9 Å². The van der Waals surface area contributed by atoms with Crippen molar-refractivity contribution in [1.82, 2.24) is 4.90 Å². The Morgan fingerprint density at radius 1 is 1.07 bits per heavy atom. The Morgan fingerprint density at radius 3 is 2.25 bits per heavy atom. The second-order valence-electron chi connectivity index (χ2n) is 11.7. The molecular formula is C32H43NO4S2Si. The molecule has 5 nitrogen and oxygen atoms in total. The van der Waals surface area contributed by atoms with Crippen molar-refractivity contribution in [3.63, 3.8) is 0 Å². The number of rotatable bonds is 12. The van der Waals surface area contributed by atoms with E-state index in [1.54, 1.807) is 24.8 Å². The predicted octanol–water partition coefficient (Wildman–Crippen LogP) is 7.22. The number of amides is 1. The monoisotopic (exact) mass is 597 g/mol. The number of carbonyl (C=O) groups excluding carboxylic acids is 2. The van der Waals surface area contributed by atoms with Gasteiger partial charge < -0.3 is 9.16 Å². The van der Waals surface area contributed by atoms with Gasteiger partial charge in [0, 0.05) is 11.8 Å². The molecule has 1 saturated heterocycles. The molecule has 0 bridgehead atoms. The van der Waals surface area contributed by atoms with Crippen molar-refractivity contribution < 1.29 is 18.8 Å². The van der Waals surface area contributed by atoms with Gasteiger partial charge in [0.25, 0.3) is 0 Å². The first kappa shape index (κ1) is 32.3. The van der Waals surface area contributed by atoms with E-state index in [0.29, 0.717) is 17.2 Å². The number of thioether (sulfide) groups is 1. The van der Waals surface area contributed by atoms with Gasteiger partial charge in [-0.05, 0) is 61.5 Å². The molecular weight excluding hydrogens is 555 g/mol. The number of thiocarbonyl (C=S) groups is 1. The largest absolute Gasteiger partial charge is 0.463 e. The Bertz CT molecular complexity index is 1160. The van der Waals surface area contributed by atoms with Crippen LogP contribution in [0.5, 0.6) is 0 Å². The molecule has 0 unspecified atom stereocenters. The fourth-order valence-electron chi connectivity index (χ4n) is 4.48. The lowest BCUT2D eigenvalue weighted by Crippen LogP contribution is -2.50. The minimum atomic E-state index is -2.32. The molecule has 0 spiro atoms. The molecule has 8 heteroatoms. The maximum Gasteiger partial charge on any atom is 0.330 e. The van der Waals surface area contributed by atoms with Gasteiger partial charge in [0.1, 0.15) is 4.32 Å². The maximum atomic E-state index is 14.5. The van der Waals surface area contributed by atoms with Crippen molar-refractivity contribution in [3.8, 4) is 0 Å². The molecule has 1 heterocycles. The van der Waals surface area contributed by atoms with Crippen molar-refractivity contribution in [2.75, 3.05) is 12.4 Å². The Hall–Kier alpha value is -2.26. The van der Waals surface area contributed by atoms with Crippen LogP contribution in [0.3, 0.4) is 0 Å². The minimum absolute atomic E-state index is 0.0332. The fraction of sp³-hybridized carbons (Fsp3) is 0.469. The van der Waals surface area contributed by atoms with Crippen LogP contribution in [0.4, 0.5) is 0 Å². The molecule has 0 aliphatic carbocycles. The zero-order valence-corrected chi connectivity index (χ0v) is 27.2. The first-order valence-electron chi connectivity index (χ1n) is 14.0. The Balaban J connectivity index is 1.99. The third kappa shape index (κ3) is 8.87. The highest BCUT2D eigenvalue weighted by Crippen LogP contribution is 2.39. The standard InChI is InChI=1S/C32H43NO4S2Si/c1-7-36-29(34)21-20-28(37-40(5,6)32(2,3)4)27(19-18-24-14-10-8-11-15-24)30(35)33-26(23-39-31(33)38)22-25-16-12-9-13-17-25/h8-17,20-21,26-28H,7,18-19,22-23H2,1-6H3/b21-20+/t26-,27-,28-/m0/s1. The Morgan fingerprint density at radius 2 is 1.68 bits per heavy atom. The number of aryl methyl sites for hydroxylation is 1. The average Bonchev–Trinajstić information content (AvgIpc) is 3.27. The molecule has 0 radical (unpaired) electrons. The molecule has 3 rings (SSSR count). The van der Waals surface area contributed by atoms with Crippen LogP contribution >= 0.6 is 24.0 Å². The molecule has 0 aromatic heterocycles. The summed E-state index contributed by atoms with van der Waals surface area (Å²) in [6, 6.07) is 20.4. The normalized spacial score (nSPS) is 17.7. The van der Waals surface area contributed by atoms with Crippen molar-refractivity contribution in [1.29, 1.82) is 0 Å². The van der Waals surface area contributed by atoms with E-state index in [4.69, 9.17) is 21.4 Å². The molecule has 1 amide bonds. The van der Waals surface area contributed by atoms with Crippen LogP contribution in [0.1, 0.15) is 45.2 Å². The van der Waals surface area contributed by atoms with E-state index < -0.39 is 26.3 Å². The van der Waals surface area contributed by atoms with Gasteiger partial charge in [-0.3, -0.25) is 9.69 Å². The summed E-state index contributed by atoms with van der Waals surface area (Å²) in [5.74, 6) is -0.231. The summed E-state index contributed by atoms with van der Waals surface area (Å²) in [6.45, 7) is 12.9. The molecule has 0 N–H and O–H groups in total. The summed E-state index contributed by atoms with van der Waals surface area (Å²) in [6.07, 6.45) is 4.58. The number of ether oxygens (including phenoxy) is 1. The lowest BCUT2D eigenvalue weighted by Gasteiger charge is -2.41. The van der Waals surface area contributed by atoms with Crippen LogP contribution in [-0.4, -0.2) is 53.9 Å². The van der Waals surface area contributed by atoms with E-state index in [1.807, 2.05) is 41.3 Å². The molecule has 216 valence electrons. The average molecular weight is 598 g/mol. The molecule has 40 heavy (non-hydrogen) atoms. The highest BCUT2D eigenvalue weighted by atomic mass is 32.2. The number of hydrogen-bond donors (Lipinski definition) is 0. The van der Waals surface area contributed by atoms with Gasteiger partial charge in [-0.2, -0.15) is 0 Å². The van der Waals surface area contributed by atoms with Crippen LogP contribution in [-0.2, 0) is 31.6 Å². The Labute approximate surface area is 250 Å². The summed E-state index contributed by atoms with van der Waals surface area (Å²) in [7, 11) is -2.32. The van der Waals surface area contributed by atoms with Crippen LogP contribution in [0.15, 0.2) is 72.8 Å². The van der Waals surface area contributed by atoms with E-state index in [9.17, 15) is 9.59 Å². The topological polar surface area (TPSA) is 55.8 Å². The van der Waals surface area contributed by atoms with Crippen LogP contribution in [0, 0.1) is 5.92 Å². The molecule has 1 fully saturated rings. The van der Waals surface area contributed by atoms with Gasteiger partial charge in [-0.25, -0.2) is 4.79 Å². The van der Waals surface area contributed by atoms with Crippen LogP contribution in [0.25, 0.3) is 0 Å². The first-order chi connectivity index (χ1) is 18.9. The number of esters is 1. The predicted molar refractivity (Wildman–Crippen MR) is 172 cm³/mol. The Kier molecular flexibility index (Phi) is 11.8. The number of nitrogens with zero attached hydrogens (tertiary/aromatic N) is 1.